The number of carbonyl (C=O) groups excluding carboxylic acids is 2. The summed E-state index contributed by atoms with van der Waals surface area (Å²) in [6, 6.07) is 12.7. The highest BCUT2D eigenvalue weighted by atomic mass is 79.9. The van der Waals surface area contributed by atoms with Gasteiger partial charge >= 0.3 is 5.91 Å². The first-order chi connectivity index (χ1) is 19.7. The smallest absolute Gasteiger partial charge is 0.301 e. The SMILES string of the molecule is CCOc1ccc2nc(N3C(=O)C(=O)/C(=C(\O)c4ccc5c(c4)CC(C)O5)C3c3cc(Br)c(O)c(OC)c3)sc2c1. The van der Waals surface area contributed by atoms with Crippen LogP contribution in [-0.2, 0) is 16.0 Å². The standard InChI is InChI=1S/C30H25BrN2O7S/c1-4-39-18-6-7-20-23(13-18)41-30(32-20)33-25(17-11-19(31)27(35)22(12-17)38-3)24(28(36)29(33)37)26(34)15-5-8-21-16(10-15)9-14(2)40-21/h5-8,10-14,25,34-35H,4,9H2,1-3H3/b26-24-. The van der Waals surface area contributed by atoms with Crippen molar-refractivity contribution in [1.29, 1.82) is 0 Å². The number of thiazole rings is 1. The third-order valence-corrected chi connectivity index (χ3v) is 8.69. The fourth-order valence-corrected chi connectivity index (χ4v) is 6.71. The van der Waals surface area contributed by atoms with Gasteiger partial charge in [-0.3, -0.25) is 14.5 Å². The number of methoxy groups -OCH3 is 1. The van der Waals surface area contributed by atoms with E-state index in [1.807, 2.05) is 19.9 Å². The minimum absolute atomic E-state index is 0.00272. The van der Waals surface area contributed by atoms with E-state index in [4.69, 9.17) is 14.2 Å². The van der Waals surface area contributed by atoms with Crippen molar-refractivity contribution in [1.82, 2.24) is 4.98 Å². The molecule has 9 nitrogen and oxygen atoms in total. The van der Waals surface area contributed by atoms with Gasteiger partial charge in [-0.15, -0.1) is 0 Å². The van der Waals surface area contributed by atoms with Crippen molar-refractivity contribution in [2.75, 3.05) is 18.6 Å². The van der Waals surface area contributed by atoms with Gasteiger partial charge in [-0.05, 0) is 89.4 Å². The molecule has 0 radical (unpaired) electrons. The van der Waals surface area contributed by atoms with Crippen molar-refractivity contribution in [3.8, 4) is 23.0 Å². The van der Waals surface area contributed by atoms with Gasteiger partial charge in [-0.25, -0.2) is 4.98 Å². The van der Waals surface area contributed by atoms with Crippen LogP contribution in [0.1, 0.15) is 36.6 Å². The molecule has 4 aromatic rings. The molecular weight excluding hydrogens is 612 g/mol. The molecule has 0 aliphatic carbocycles. The zero-order chi connectivity index (χ0) is 29.0. The second-order valence-corrected chi connectivity index (χ2v) is 11.6. The summed E-state index contributed by atoms with van der Waals surface area (Å²) in [6.45, 7) is 4.34. The lowest BCUT2D eigenvalue weighted by atomic mass is 9.94. The number of ketones is 1. The molecule has 1 amide bonds. The van der Waals surface area contributed by atoms with Gasteiger partial charge in [-0.1, -0.05) is 11.3 Å². The van der Waals surface area contributed by atoms with Gasteiger partial charge in [0.1, 0.15) is 23.4 Å². The maximum absolute atomic E-state index is 13.7. The van der Waals surface area contributed by atoms with Gasteiger partial charge in [0.15, 0.2) is 16.6 Å². The molecule has 2 aliphatic rings. The van der Waals surface area contributed by atoms with Crippen LogP contribution in [0, 0.1) is 0 Å². The minimum Gasteiger partial charge on any atom is -0.507 e. The molecule has 2 N–H and O–H groups in total. The van der Waals surface area contributed by atoms with Crippen molar-refractivity contribution in [2.45, 2.75) is 32.4 Å². The number of nitrogens with zero attached hydrogens (tertiary/aromatic N) is 2. The van der Waals surface area contributed by atoms with Crippen molar-refractivity contribution in [2.24, 2.45) is 0 Å². The molecular formula is C30H25BrN2O7S. The number of halogens is 1. The summed E-state index contributed by atoms with van der Waals surface area (Å²) in [5.41, 5.74) is 2.25. The highest BCUT2D eigenvalue weighted by Gasteiger charge is 2.48. The van der Waals surface area contributed by atoms with E-state index in [9.17, 15) is 19.8 Å². The highest BCUT2D eigenvalue weighted by molar-refractivity contribution is 9.10. The first kappa shape index (κ1) is 27.1. The number of aromatic nitrogens is 1. The molecule has 2 aliphatic heterocycles. The van der Waals surface area contributed by atoms with Crippen LogP contribution in [0.25, 0.3) is 16.0 Å². The zero-order valence-electron chi connectivity index (χ0n) is 22.3. The van der Waals surface area contributed by atoms with Gasteiger partial charge in [0.2, 0.25) is 0 Å². The molecule has 2 atom stereocenters. The molecule has 2 unspecified atom stereocenters. The Kier molecular flexibility index (Phi) is 6.87. The monoisotopic (exact) mass is 636 g/mol. The first-order valence-corrected chi connectivity index (χ1v) is 14.5. The lowest BCUT2D eigenvalue weighted by Gasteiger charge is -2.24. The topological polar surface area (TPSA) is 118 Å². The molecule has 1 fully saturated rings. The number of hydrogen-bond acceptors (Lipinski definition) is 9. The fourth-order valence-electron chi connectivity index (χ4n) is 5.23. The predicted octanol–water partition coefficient (Wildman–Crippen LogP) is 6.12. The van der Waals surface area contributed by atoms with E-state index < -0.39 is 17.7 Å². The number of Topliss-reactive ketones (excluding diaryl/α,β-unsaturated/α-hetero) is 1. The van der Waals surface area contributed by atoms with E-state index in [0.717, 1.165) is 16.0 Å². The van der Waals surface area contributed by atoms with E-state index in [1.165, 1.54) is 29.4 Å². The summed E-state index contributed by atoms with van der Waals surface area (Å²) < 4.78 is 17.8. The number of benzene rings is 3. The zero-order valence-corrected chi connectivity index (χ0v) is 24.7. The molecule has 1 aromatic heterocycles. The average molecular weight is 638 g/mol. The number of hydrogen-bond donors (Lipinski definition) is 2. The summed E-state index contributed by atoms with van der Waals surface area (Å²) >= 11 is 4.58. The average Bonchev–Trinajstić information content (AvgIpc) is 3.61. The van der Waals surface area contributed by atoms with Crippen LogP contribution in [0.4, 0.5) is 5.13 Å². The van der Waals surface area contributed by atoms with Crippen LogP contribution in [0.2, 0.25) is 0 Å². The van der Waals surface area contributed by atoms with Crippen molar-refractivity contribution < 1.29 is 34.0 Å². The quantitative estimate of drug-likeness (QED) is 0.148. The van der Waals surface area contributed by atoms with E-state index in [2.05, 4.69) is 20.9 Å². The molecule has 11 heteroatoms. The number of phenols is 1. The van der Waals surface area contributed by atoms with Crippen LogP contribution in [0.3, 0.4) is 0 Å². The Morgan fingerprint density at radius 3 is 2.76 bits per heavy atom. The maximum atomic E-state index is 13.7. The lowest BCUT2D eigenvalue weighted by molar-refractivity contribution is -0.132. The van der Waals surface area contributed by atoms with Gasteiger partial charge in [-0.2, -0.15) is 0 Å². The molecule has 1 saturated heterocycles. The molecule has 6 rings (SSSR count). The summed E-state index contributed by atoms with van der Waals surface area (Å²) in [6.07, 6.45) is 0.656. The number of anilines is 1. The Bertz CT molecular complexity index is 1770. The number of amides is 1. The Balaban J connectivity index is 1.55. The molecule has 0 spiro atoms. The first-order valence-electron chi connectivity index (χ1n) is 12.9. The number of aliphatic hydroxyl groups is 1. The second kappa shape index (κ2) is 10.4. The third kappa shape index (κ3) is 4.58. The summed E-state index contributed by atoms with van der Waals surface area (Å²) in [7, 11) is 1.40. The van der Waals surface area contributed by atoms with E-state index in [0.29, 0.717) is 39.9 Å². The van der Waals surface area contributed by atoms with E-state index in [1.54, 1.807) is 36.4 Å². The van der Waals surface area contributed by atoms with Crippen LogP contribution in [0.5, 0.6) is 23.0 Å². The summed E-state index contributed by atoms with van der Waals surface area (Å²) in [4.78, 5) is 33.3. The van der Waals surface area contributed by atoms with Gasteiger partial charge in [0.25, 0.3) is 5.78 Å². The number of fused-ring (bicyclic) bond motifs is 2. The van der Waals surface area contributed by atoms with Gasteiger partial charge in [0, 0.05) is 12.0 Å². The molecule has 41 heavy (non-hydrogen) atoms. The van der Waals surface area contributed by atoms with E-state index in [-0.39, 0.29) is 34.1 Å². The third-order valence-electron chi connectivity index (χ3n) is 7.07. The molecule has 210 valence electrons. The fraction of sp³-hybridized carbons (Fsp3) is 0.233. The van der Waals surface area contributed by atoms with Crippen LogP contribution in [-0.4, -0.2) is 46.7 Å². The molecule has 0 bridgehead atoms. The van der Waals surface area contributed by atoms with E-state index >= 15 is 0 Å². The van der Waals surface area contributed by atoms with Crippen molar-refractivity contribution in [3.63, 3.8) is 0 Å². The van der Waals surface area contributed by atoms with Gasteiger partial charge in [0.05, 0.1) is 40.0 Å². The summed E-state index contributed by atoms with van der Waals surface area (Å²) in [5, 5.41) is 22.3. The number of phenolic OH excluding ortho intramolecular Hbond substituents is 1. The normalized spacial score (nSPS) is 19.5. The number of aromatic hydroxyl groups is 1. The largest absolute Gasteiger partial charge is 0.507 e. The molecule has 0 saturated carbocycles. The Morgan fingerprint density at radius 2 is 2.00 bits per heavy atom. The maximum Gasteiger partial charge on any atom is 0.301 e. The number of ether oxygens (including phenoxy) is 3. The number of rotatable bonds is 6. The highest BCUT2D eigenvalue weighted by Crippen LogP contribution is 2.48. The van der Waals surface area contributed by atoms with Crippen LogP contribution >= 0.6 is 27.3 Å². The van der Waals surface area contributed by atoms with Crippen LogP contribution in [0.15, 0.2) is 58.6 Å². The Labute approximate surface area is 247 Å². The van der Waals surface area contributed by atoms with Crippen molar-refractivity contribution >= 4 is 60.1 Å². The van der Waals surface area contributed by atoms with Gasteiger partial charge < -0.3 is 24.4 Å². The minimum atomic E-state index is -1.06. The number of carbonyl (C=O) groups is 2. The number of aliphatic hydroxyl groups excluding tert-OH is 1. The lowest BCUT2D eigenvalue weighted by Crippen LogP contribution is -2.29. The Morgan fingerprint density at radius 1 is 1.20 bits per heavy atom. The molecule has 3 aromatic carbocycles. The van der Waals surface area contributed by atoms with Crippen LogP contribution < -0.4 is 19.1 Å². The second-order valence-electron chi connectivity index (χ2n) is 9.74. The Hall–Kier alpha value is -4.09. The summed E-state index contributed by atoms with van der Waals surface area (Å²) in [5.74, 6) is -0.619. The van der Waals surface area contributed by atoms with Crippen molar-refractivity contribution in [3.05, 3.63) is 75.3 Å². The predicted molar refractivity (Wildman–Crippen MR) is 158 cm³/mol. The molecule has 3 heterocycles.